The first-order valence-electron chi connectivity index (χ1n) is 10.7. The second-order valence-electron chi connectivity index (χ2n) is 7.16. The number of halogens is 1. The number of nitrogens with one attached hydrogen (secondary N) is 2. The predicted octanol–water partition coefficient (Wildman–Crippen LogP) is 3.21. The first-order chi connectivity index (χ1) is 14.2. The quantitative estimate of drug-likeness (QED) is 0.210. The van der Waals surface area contributed by atoms with E-state index < -0.39 is 0 Å². The molecular formula is C22H37IN4O3. The molecule has 0 spiro atoms. The highest BCUT2D eigenvalue weighted by molar-refractivity contribution is 14.0. The number of ether oxygens (including phenoxy) is 2. The van der Waals surface area contributed by atoms with Crippen LogP contribution in [0.3, 0.4) is 0 Å². The Morgan fingerprint density at radius 3 is 2.73 bits per heavy atom. The first kappa shape index (κ1) is 26.3. The maximum atomic E-state index is 12.1. The summed E-state index contributed by atoms with van der Waals surface area (Å²) in [5.41, 5.74) is 1.09. The summed E-state index contributed by atoms with van der Waals surface area (Å²) in [6.45, 7) is 5.98. The van der Waals surface area contributed by atoms with Gasteiger partial charge in [-0.2, -0.15) is 0 Å². The van der Waals surface area contributed by atoms with E-state index in [9.17, 15) is 4.79 Å². The fraction of sp³-hybridized carbons (Fsp3) is 0.636. The molecule has 0 aromatic heterocycles. The number of nitrogens with zero attached hydrogens (tertiary/aromatic N) is 2. The minimum Gasteiger partial charge on any atom is -0.497 e. The molecule has 1 amide bonds. The summed E-state index contributed by atoms with van der Waals surface area (Å²) in [6, 6.07) is 5.83. The van der Waals surface area contributed by atoms with Gasteiger partial charge in [0.15, 0.2) is 5.96 Å². The van der Waals surface area contributed by atoms with Gasteiger partial charge in [-0.25, -0.2) is 0 Å². The van der Waals surface area contributed by atoms with Gasteiger partial charge in [0, 0.05) is 39.1 Å². The van der Waals surface area contributed by atoms with Crippen LogP contribution in [-0.4, -0.2) is 63.7 Å². The molecule has 1 fully saturated rings. The molecule has 1 aromatic rings. The molecule has 1 heterocycles. The van der Waals surface area contributed by atoms with E-state index in [4.69, 9.17) is 9.47 Å². The van der Waals surface area contributed by atoms with Crippen LogP contribution in [0.2, 0.25) is 0 Å². The third-order valence-corrected chi connectivity index (χ3v) is 5.05. The summed E-state index contributed by atoms with van der Waals surface area (Å²) < 4.78 is 10.8. The maximum absolute atomic E-state index is 12.1. The van der Waals surface area contributed by atoms with Gasteiger partial charge in [-0.05, 0) is 56.4 Å². The second kappa shape index (κ2) is 15.1. The molecule has 0 radical (unpaired) electrons. The highest BCUT2D eigenvalue weighted by Gasteiger charge is 2.15. The van der Waals surface area contributed by atoms with E-state index >= 15 is 0 Å². The molecule has 170 valence electrons. The number of carbonyl (C=O) groups excluding carboxylic acids is 1. The molecule has 1 aliphatic rings. The van der Waals surface area contributed by atoms with Crippen molar-refractivity contribution < 1.29 is 14.3 Å². The van der Waals surface area contributed by atoms with Gasteiger partial charge >= 0.3 is 0 Å². The number of methoxy groups -OCH3 is 2. The Balaban J connectivity index is 0.00000450. The Morgan fingerprint density at radius 1 is 1.17 bits per heavy atom. The van der Waals surface area contributed by atoms with Crippen molar-refractivity contribution in [3.8, 4) is 11.5 Å². The molecule has 0 saturated carbocycles. The number of rotatable bonds is 10. The van der Waals surface area contributed by atoms with E-state index in [-0.39, 0.29) is 24.0 Å². The molecule has 2 rings (SSSR count). The average Bonchev–Trinajstić information content (AvgIpc) is 2.95. The fourth-order valence-corrected chi connectivity index (χ4v) is 3.46. The van der Waals surface area contributed by atoms with E-state index in [0.717, 1.165) is 81.3 Å². The van der Waals surface area contributed by atoms with Gasteiger partial charge in [0.25, 0.3) is 0 Å². The zero-order valence-electron chi connectivity index (χ0n) is 18.5. The van der Waals surface area contributed by atoms with Crippen LogP contribution in [0.4, 0.5) is 0 Å². The first-order valence-corrected chi connectivity index (χ1v) is 10.7. The number of amides is 1. The number of benzene rings is 1. The highest BCUT2D eigenvalue weighted by Crippen LogP contribution is 2.24. The van der Waals surface area contributed by atoms with Gasteiger partial charge in [0.2, 0.25) is 5.91 Å². The third kappa shape index (κ3) is 8.97. The Morgan fingerprint density at radius 2 is 2.00 bits per heavy atom. The molecule has 0 unspecified atom stereocenters. The van der Waals surface area contributed by atoms with Crippen molar-refractivity contribution in [2.45, 2.75) is 45.4 Å². The van der Waals surface area contributed by atoms with Crippen molar-refractivity contribution in [3.05, 3.63) is 23.8 Å². The normalized spacial score (nSPS) is 14.6. The van der Waals surface area contributed by atoms with Crippen molar-refractivity contribution in [2.75, 3.05) is 46.9 Å². The second-order valence-corrected chi connectivity index (χ2v) is 7.16. The number of guanidine groups is 1. The van der Waals surface area contributed by atoms with E-state index in [1.54, 1.807) is 14.2 Å². The van der Waals surface area contributed by atoms with Gasteiger partial charge in [-0.3, -0.25) is 9.79 Å². The predicted molar refractivity (Wildman–Crippen MR) is 132 cm³/mol. The highest BCUT2D eigenvalue weighted by atomic mass is 127. The molecule has 1 aliphatic heterocycles. The van der Waals surface area contributed by atoms with Crippen molar-refractivity contribution in [3.63, 3.8) is 0 Å². The summed E-state index contributed by atoms with van der Waals surface area (Å²) in [7, 11) is 3.35. The Hall–Kier alpha value is -1.71. The van der Waals surface area contributed by atoms with Crippen LogP contribution >= 0.6 is 24.0 Å². The lowest BCUT2D eigenvalue weighted by Crippen LogP contribution is -2.38. The standard InChI is InChI=1S/C22H36N4O3.HI/c1-4-23-22(24-13-8-16-26-15-7-5-6-9-21(26)27)25-14-12-18-17-19(28-2)10-11-20(18)29-3;/h10-11,17H,4-9,12-16H2,1-3H3,(H2,23,24,25);1H. The zero-order valence-corrected chi connectivity index (χ0v) is 20.9. The summed E-state index contributed by atoms with van der Waals surface area (Å²) in [4.78, 5) is 18.7. The van der Waals surface area contributed by atoms with E-state index in [1.165, 1.54) is 0 Å². The molecule has 0 aliphatic carbocycles. The molecule has 0 bridgehead atoms. The molecule has 1 saturated heterocycles. The summed E-state index contributed by atoms with van der Waals surface area (Å²) in [5.74, 6) is 2.78. The number of likely N-dealkylation sites (tertiary alicyclic amines) is 1. The Labute approximate surface area is 198 Å². The Bertz CT molecular complexity index is 670. The molecular weight excluding hydrogens is 495 g/mol. The van der Waals surface area contributed by atoms with E-state index in [1.807, 2.05) is 23.1 Å². The van der Waals surface area contributed by atoms with Crippen LogP contribution in [0, 0.1) is 0 Å². The van der Waals surface area contributed by atoms with Crippen LogP contribution < -0.4 is 20.1 Å². The van der Waals surface area contributed by atoms with Crippen molar-refractivity contribution >= 4 is 35.8 Å². The van der Waals surface area contributed by atoms with Gasteiger partial charge < -0.3 is 25.0 Å². The lowest BCUT2D eigenvalue weighted by molar-refractivity contribution is -0.130. The molecule has 7 nitrogen and oxygen atoms in total. The lowest BCUT2D eigenvalue weighted by atomic mass is 10.1. The topological polar surface area (TPSA) is 75.2 Å². The number of hydrogen-bond donors (Lipinski definition) is 2. The number of hydrogen-bond acceptors (Lipinski definition) is 4. The van der Waals surface area contributed by atoms with Crippen LogP contribution in [0.15, 0.2) is 23.2 Å². The molecule has 2 N–H and O–H groups in total. The SMILES string of the molecule is CCNC(=NCCCN1CCCCCC1=O)NCCc1cc(OC)ccc1OC.I. The summed E-state index contributed by atoms with van der Waals surface area (Å²) in [5, 5.41) is 6.66. The van der Waals surface area contributed by atoms with Gasteiger partial charge in [-0.15, -0.1) is 24.0 Å². The van der Waals surface area contributed by atoms with Crippen LogP contribution in [0.5, 0.6) is 11.5 Å². The molecule has 1 aromatic carbocycles. The summed E-state index contributed by atoms with van der Waals surface area (Å²) in [6.07, 6.45) is 5.68. The van der Waals surface area contributed by atoms with Gasteiger partial charge in [0.05, 0.1) is 14.2 Å². The minimum absolute atomic E-state index is 0. The van der Waals surface area contributed by atoms with Gasteiger partial charge in [-0.1, -0.05) is 6.42 Å². The van der Waals surface area contributed by atoms with Gasteiger partial charge in [0.1, 0.15) is 11.5 Å². The lowest BCUT2D eigenvalue weighted by Gasteiger charge is -2.20. The smallest absolute Gasteiger partial charge is 0.222 e. The fourth-order valence-electron chi connectivity index (χ4n) is 3.46. The average molecular weight is 532 g/mol. The van der Waals surface area contributed by atoms with Crippen LogP contribution in [0.25, 0.3) is 0 Å². The van der Waals surface area contributed by atoms with Crippen molar-refractivity contribution in [1.29, 1.82) is 0 Å². The third-order valence-electron chi connectivity index (χ3n) is 5.05. The van der Waals surface area contributed by atoms with Crippen LogP contribution in [-0.2, 0) is 11.2 Å². The van der Waals surface area contributed by atoms with E-state index in [0.29, 0.717) is 18.9 Å². The maximum Gasteiger partial charge on any atom is 0.222 e. The summed E-state index contributed by atoms with van der Waals surface area (Å²) >= 11 is 0. The largest absolute Gasteiger partial charge is 0.497 e. The minimum atomic E-state index is 0. The monoisotopic (exact) mass is 532 g/mol. The number of aliphatic imine (C=N–C) groups is 1. The molecule has 0 atom stereocenters. The zero-order chi connectivity index (χ0) is 20.9. The molecule has 30 heavy (non-hydrogen) atoms. The number of carbonyl (C=O) groups is 1. The van der Waals surface area contributed by atoms with E-state index in [2.05, 4.69) is 22.5 Å². The van der Waals surface area contributed by atoms with Crippen molar-refractivity contribution in [1.82, 2.24) is 15.5 Å². The van der Waals surface area contributed by atoms with Crippen LogP contribution in [0.1, 0.15) is 44.6 Å². The van der Waals surface area contributed by atoms with Crippen molar-refractivity contribution in [2.24, 2.45) is 4.99 Å². The molecule has 8 heteroatoms. The Kier molecular flexibility index (Phi) is 13.3.